The van der Waals surface area contributed by atoms with E-state index in [1.807, 2.05) is 43.3 Å². The maximum atomic E-state index is 12.1. The minimum absolute atomic E-state index is 0.00623. The van der Waals surface area contributed by atoms with Gasteiger partial charge >= 0.3 is 0 Å². The lowest BCUT2D eigenvalue weighted by atomic mass is 10.2. The van der Waals surface area contributed by atoms with E-state index in [1.54, 1.807) is 18.2 Å². The first-order chi connectivity index (χ1) is 14.6. The Bertz CT molecular complexity index is 1190. The third kappa shape index (κ3) is 4.49. The van der Waals surface area contributed by atoms with E-state index in [0.717, 1.165) is 16.6 Å². The summed E-state index contributed by atoms with van der Waals surface area (Å²) >= 11 is 6.15. The number of rotatable bonds is 7. The molecule has 0 radical (unpaired) electrons. The second-order valence-corrected chi connectivity index (χ2v) is 6.91. The molecule has 1 amide bonds. The Labute approximate surface area is 177 Å². The molecule has 30 heavy (non-hydrogen) atoms. The van der Waals surface area contributed by atoms with Crippen LogP contribution in [-0.4, -0.2) is 27.1 Å². The Balaban J connectivity index is 1.30. The van der Waals surface area contributed by atoms with Crippen molar-refractivity contribution in [3.63, 3.8) is 0 Å². The predicted octanol–water partition coefficient (Wildman–Crippen LogP) is 3.72. The number of carbonyl (C=O) groups is 1. The number of hydrogen-bond donors (Lipinski definition) is 1. The standard InChI is InChI=1S/C21H18ClN5O3/c1-14-5-4-6-17(22)21(14)29-13-16-10-9-15(30-16)11-23-25-20(28)12-27-19-8-3-2-7-18(19)24-26-27/h2-11H,12-13H2,1H3,(H,25,28)/b23-11+. The molecule has 2 aromatic heterocycles. The molecular weight excluding hydrogens is 406 g/mol. The van der Waals surface area contributed by atoms with E-state index < -0.39 is 0 Å². The topological polar surface area (TPSA) is 94.5 Å². The van der Waals surface area contributed by atoms with E-state index in [9.17, 15) is 4.79 Å². The van der Waals surface area contributed by atoms with Crippen LogP contribution in [0.3, 0.4) is 0 Å². The number of hydrogen-bond acceptors (Lipinski definition) is 6. The fraction of sp³-hybridized carbons (Fsp3) is 0.143. The number of nitrogens with zero attached hydrogens (tertiary/aromatic N) is 4. The van der Waals surface area contributed by atoms with Gasteiger partial charge in [-0.25, -0.2) is 10.1 Å². The molecule has 0 aliphatic heterocycles. The number of amides is 1. The zero-order chi connectivity index (χ0) is 20.9. The largest absolute Gasteiger partial charge is 0.484 e. The van der Waals surface area contributed by atoms with Gasteiger partial charge in [0, 0.05) is 0 Å². The SMILES string of the molecule is Cc1cccc(Cl)c1OCc1ccc(/C=N/NC(=O)Cn2nnc3ccccc32)o1. The maximum absolute atomic E-state index is 12.1. The number of halogens is 1. The van der Waals surface area contributed by atoms with E-state index >= 15 is 0 Å². The summed E-state index contributed by atoms with van der Waals surface area (Å²) in [6, 6.07) is 16.5. The Morgan fingerprint density at radius 2 is 2.10 bits per heavy atom. The van der Waals surface area contributed by atoms with Gasteiger partial charge < -0.3 is 9.15 Å². The highest BCUT2D eigenvalue weighted by atomic mass is 35.5. The zero-order valence-corrected chi connectivity index (χ0v) is 16.8. The highest BCUT2D eigenvalue weighted by Crippen LogP contribution is 2.28. The highest BCUT2D eigenvalue weighted by Gasteiger charge is 2.09. The van der Waals surface area contributed by atoms with E-state index in [2.05, 4.69) is 20.8 Å². The lowest BCUT2D eigenvalue weighted by Gasteiger charge is -2.09. The van der Waals surface area contributed by atoms with Crippen molar-refractivity contribution < 1.29 is 13.9 Å². The first-order valence-electron chi connectivity index (χ1n) is 9.17. The summed E-state index contributed by atoms with van der Waals surface area (Å²) in [5.74, 6) is 1.39. The van der Waals surface area contributed by atoms with Crippen LogP contribution in [0.25, 0.3) is 11.0 Å². The summed E-state index contributed by atoms with van der Waals surface area (Å²) in [6.07, 6.45) is 1.42. The second kappa shape index (κ2) is 8.79. The van der Waals surface area contributed by atoms with Crippen molar-refractivity contribution in [1.29, 1.82) is 0 Å². The van der Waals surface area contributed by atoms with Crippen molar-refractivity contribution in [2.24, 2.45) is 5.10 Å². The molecule has 4 aromatic rings. The molecule has 9 heteroatoms. The number of furan rings is 1. The van der Waals surface area contributed by atoms with Gasteiger partial charge in [-0.3, -0.25) is 4.79 Å². The fourth-order valence-corrected chi connectivity index (χ4v) is 3.13. The number of benzene rings is 2. The molecule has 0 saturated heterocycles. The highest BCUT2D eigenvalue weighted by molar-refractivity contribution is 6.32. The molecule has 0 spiro atoms. The van der Waals surface area contributed by atoms with Gasteiger partial charge in [-0.05, 0) is 42.8 Å². The summed E-state index contributed by atoms with van der Waals surface area (Å²) in [5.41, 5.74) is 4.90. The molecule has 152 valence electrons. The predicted molar refractivity (Wildman–Crippen MR) is 112 cm³/mol. The van der Waals surface area contributed by atoms with Gasteiger partial charge in [-0.2, -0.15) is 5.10 Å². The molecule has 0 fully saturated rings. The Morgan fingerprint density at radius 3 is 2.97 bits per heavy atom. The fourth-order valence-electron chi connectivity index (χ4n) is 2.86. The number of aromatic nitrogens is 3. The van der Waals surface area contributed by atoms with Crippen molar-refractivity contribution in [1.82, 2.24) is 20.4 Å². The summed E-state index contributed by atoms with van der Waals surface area (Å²) < 4.78 is 12.9. The van der Waals surface area contributed by atoms with Crippen LogP contribution >= 0.6 is 11.6 Å². The average Bonchev–Trinajstić information content (AvgIpc) is 3.35. The monoisotopic (exact) mass is 423 g/mol. The summed E-state index contributed by atoms with van der Waals surface area (Å²) in [4.78, 5) is 12.1. The van der Waals surface area contributed by atoms with Crippen LogP contribution in [0.4, 0.5) is 0 Å². The Morgan fingerprint density at radius 1 is 1.23 bits per heavy atom. The maximum Gasteiger partial charge on any atom is 0.261 e. The minimum Gasteiger partial charge on any atom is -0.484 e. The Kier molecular flexibility index (Phi) is 5.76. The van der Waals surface area contributed by atoms with Gasteiger partial charge in [0.1, 0.15) is 35.9 Å². The minimum atomic E-state index is -0.328. The molecule has 0 unspecified atom stereocenters. The number of hydrazone groups is 1. The molecule has 0 aliphatic rings. The molecule has 0 atom stereocenters. The second-order valence-electron chi connectivity index (χ2n) is 6.51. The van der Waals surface area contributed by atoms with E-state index in [1.165, 1.54) is 10.9 Å². The van der Waals surface area contributed by atoms with Crippen molar-refractivity contribution in [2.75, 3.05) is 0 Å². The number of aryl methyl sites for hydroxylation is 1. The molecular formula is C21H18ClN5O3. The number of fused-ring (bicyclic) bond motifs is 1. The van der Waals surface area contributed by atoms with Crippen LogP contribution in [0, 0.1) is 6.92 Å². The molecule has 0 aliphatic carbocycles. The van der Waals surface area contributed by atoms with Crippen molar-refractivity contribution >= 4 is 34.8 Å². The lowest BCUT2D eigenvalue weighted by molar-refractivity contribution is -0.121. The summed E-state index contributed by atoms with van der Waals surface area (Å²) in [6.45, 7) is 2.16. The van der Waals surface area contributed by atoms with Gasteiger partial charge in [0.2, 0.25) is 0 Å². The summed E-state index contributed by atoms with van der Waals surface area (Å²) in [5, 5.41) is 12.5. The molecule has 0 saturated carbocycles. The zero-order valence-electron chi connectivity index (χ0n) is 16.1. The van der Waals surface area contributed by atoms with Crippen LogP contribution in [0.5, 0.6) is 5.75 Å². The van der Waals surface area contributed by atoms with Crippen LogP contribution in [-0.2, 0) is 17.9 Å². The van der Waals surface area contributed by atoms with E-state index in [0.29, 0.717) is 22.3 Å². The molecule has 4 rings (SSSR count). The third-order valence-electron chi connectivity index (χ3n) is 4.30. The van der Waals surface area contributed by atoms with Crippen molar-refractivity contribution in [3.8, 4) is 5.75 Å². The van der Waals surface area contributed by atoms with Gasteiger partial charge in [0.05, 0.1) is 16.8 Å². The normalized spacial score (nSPS) is 11.3. The van der Waals surface area contributed by atoms with E-state index in [-0.39, 0.29) is 19.1 Å². The smallest absolute Gasteiger partial charge is 0.261 e. The first-order valence-corrected chi connectivity index (χ1v) is 9.55. The third-order valence-corrected chi connectivity index (χ3v) is 4.60. The number of nitrogens with one attached hydrogen (secondary N) is 1. The van der Waals surface area contributed by atoms with Crippen LogP contribution in [0.15, 0.2) is 64.1 Å². The van der Waals surface area contributed by atoms with Crippen molar-refractivity contribution in [3.05, 3.63) is 76.7 Å². The van der Waals surface area contributed by atoms with Gasteiger partial charge in [-0.1, -0.05) is 41.1 Å². The van der Waals surface area contributed by atoms with Gasteiger partial charge in [-0.15, -0.1) is 5.10 Å². The van der Waals surface area contributed by atoms with Crippen molar-refractivity contribution in [2.45, 2.75) is 20.1 Å². The van der Waals surface area contributed by atoms with Crippen LogP contribution < -0.4 is 10.2 Å². The average molecular weight is 424 g/mol. The molecule has 8 nitrogen and oxygen atoms in total. The lowest BCUT2D eigenvalue weighted by Crippen LogP contribution is -2.23. The molecule has 0 bridgehead atoms. The first kappa shape index (κ1) is 19.7. The summed E-state index contributed by atoms with van der Waals surface area (Å²) in [7, 11) is 0. The molecule has 2 heterocycles. The van der Waals surface area contributed by atoms with E-state index in [4.69, 9.17) is 20.8 Å². The molecule has 2 aromatic carbocycles. The van der Waals surface area contributed by atoms with Gasteiger partial charge in [0.15, 0.2) is 0 Å². The molecule has 1 N–H and O–H groups in total. The number of ether oxygens (including phenoxy) is 1. The number of carbonyl (C=O) groups excluding carboxylic acids is 1. The van der Waals surface area contributed by atoms with Crippen LogP contribution in [0.2, 0.25) is 5.02 Å². The quantitative estimate of drug-likeness (QED) is 0.361. The number of para-hydroxylation sites is 2. The van der Waals surface area contributed by atoms with Gasteiger partial charge in [0.25, 0.3) is 5.91 Å². The Hall–Kier alpha value is -3.65. The van der Waals surface area contributed by atoms with Crippen LogP contribution in [0.1, 0.15) is 17.1 Å².